The Balaban J connectivity index is 2.38. The van der Waals surface area contributed by atoms with Crippen LogP contribution >= 0.6 is 31.9 Å². The van der Waals surface area contributed by atoms with E-state index in [0.717, 1.165) is 15.7 Å². The Labute approximate surface area is 129 Å². The third kappa shape index (κ3) is 3.45. The molecule has 0 bridgehead atoms. The maximum atomic E-state index is 9.95. The molecule has 2 nitrogen and oxygen atoms in total. The van der Waals surface area contributed by atoms with Crippen LogP contribution in [0.1, 0.15) is 16.7 Å². The lowest BCUT2D eigenvalue weighted by Gasteiger charge is -2.04. The number of hydrogen-bond acceptors (Lipinski definition) is 2. The van der Waals surface area contributed by atoms with Gasteiger partial charge in [0.25, 0.3) is 0 Å². The number of hydrogen-bond donors (Lipinski definition) is 1. The zero-order chi connectivity index (χ0) is 14.0. The smallest absolute Gasteiger partial charge is 0.138 e. The van der Waals surface area contributed by atoms with E-state index in [2.05, 4.69) is 49.8 Å². The molecule has 0 aliphatic rings. The quantitative estimate of drug-likeness (QED) is 0.703. The van der Waals surface area contributed by atoms with Crippen molar-refractivity contribution in [3.63, 3.8) is 0 Å². The number of aliphatic imine (C=N–C) groups is 1. The summed E-state index contributed by atoms with van der Waals surface area (Å²) in [5, 5.41) is 9.95. The standard InChI is InChI=1S/C15H13Br2NO/c1-9-3-4-14(10(2)5-9)18-8-11-6-12(16)7-13(17)15(11)19/h3-8,19H,1-2H3/b18-8+. The van der Waals surface area contributed by atoms with E-state index in [4.69, 9.17) is 0 Å². The van der Waals surface area contributed by atoms with Gasteiger partial charge in [-0.15, -0.1) is 0 Å². The summed E-state index contributed by atoms with van der Waals surface area (Å²) in [6, 6.07) is 9.71. The summed E-state index contributed by atoms with van der Waals surface area (Å²) in [7, 11) is 0. The van der Waals surface area contributed by atoms with Crippen molar-refractivity contribution in [3.8, 4) is 5.75 Å². The van der Waals surface area contributed by atoms with Crippen LogP contribution < -0.4 is 0 Å². The van der Waals surface area contributed by atoms with Gasteiger partial charge in [0.2, 0.25) is 0 Å². The van der Waals surface area contributed by atoms with E-state index in [0.29, 0.717) is 10.0 Å². The van der Waals surface area contributed by atoms with Crippen LogP contribution in [0.3, 0.4) is 0 Å². The molecule has 0 saturated carbocycles. The molecule has 0 saturated heterocycles. The van der Waals surface area contributed by atoms with Gasteiger partial charge in [-0.2, -0.15) is 0 Å². The van der Waals surface area contributed by atoms with Gasteiger partial charge < -0.3 is 5.11 Å². The normalized spacial score (nSPS) is 11.2. The van der Waals surface area contributed by atoms with Crippen LogP contribution in [-0.2, 0) is 0 Å². The van der Waals surface area contributed by atoms with Crippen LogP contribution in [0.15, 0.2) is 44.3 Å². The topological polar surface area (TPSA) is 32.6 Å². The first-order valence-electron chi connectivity index (χ1n) is 5.76. The van der Waals surface area contributed by atoms with Crippen LogP contribution in [0.4, 0.5) is 5.69 Å². The molecule has 1 N–H and O–H groups in total. The second-order valence-electron chi connectivity index (χ2n) is 4.37. The van der Waals surface area contributed by atoms with Crippen LogP contribution in [0, 0.1) is 13.8 Å². The summed E-state index contributed by atoms with van der Waals surface area (Å²) in [5.41, 5.74) is 3.90. The van der Waals surface area contributed by atoms with E-state index in [-0.39, 0.29) is 5.75 Å². The Morgan fingerprint density at radius 1 is 1.11 bits per heavy atom. The summed E-state index contributed by atoms with van der Waals surface area (Å²) in [5.74, 6) is 0.191. The predicted molar refractivity (Wildman–Crippen MR) is 86.7 cm³/mol. The monoisotopic (exact) mass is 381 g/mol. The second-order valence-corrected chi connectivity index (χ2v) is 6.14. The van der Waals surface area contributed by atoms with Crippen molar-refractivity contribution in [3.05, 3.63) is 56.0 Å². The molecule has 0 aliphatic heterocycles. The van der Waals surface area contributed by atoms with Crippen LogP contribution in [0.5, 0.6) is 5.75 Å². The van der Waals surface area contributed by atoms with Crippen molar-refractivity contribution in [1.82, 2.24) is 0 Å². The van der Waals surface area contributed by atoms with E-state index >= 15 is 0 Å². The molecule has 2 aromatic rings. The number of phenols is 1. The van der Waals surface area contributed by atoms with Gasteiger partial charge >= 0.3 is 0 Å². The minimum absolute atomic E-state index is 0.191. The van der Waals surface area contributed by atoms with Gasteiger partial charge in [-0.1, -0.05) is 33.6 Å². The van der Waals surface area contributed by atoms with Crippen molar-refractivity contribution in [1.29, 1.82) is 0 Å². The minimum atomic E-state index is 0.191. The lowest BCUT2D eigenvalue weighted by Crippen LogP contribution is -1.85. The van der Waals surface area contributed by atoms with Crippen LogP contribution in [0.25, 0.3) is 0 Å². The van der Waals surface area contributed by atoms with E-state index in [9.17, 15) is 5.11 Å². The molecule has 98 valence electrons. The second kappa shape index (κ2) is 5.88. The maximum Gasteiger partial charge on any atom is 0.138 e. The lowest BCUT2D eigenvalue weighted by molar-refractivity contribution is 0.471. The number of benzene rings is 2. The molecule has 4 heteroatoms. The summed E-state index contributed by atoms with van der Waals surface area (Å²) in [6.07, 6.45) is 1.67. The van der Waals surface area contributed by atoms with Crippen LogP contribution in [0.2, 0.25) is 0 Å². The molecule has 0 unspecified atom stereocenters. The summed E-state index contributed by atoms with van der Waals surface area (Å²) >= 11 is 6.70. The molecule has 0 heterocycles. The molecule has 0 fully saturated rings. The summed E-state index contributed by atoms with van der Waals surface area (Å²) in [4.78, 5) is 4.43. The lowest BCUT2D eigenvalue weighted by atomic mass is 10.1. The third-order valence-corrected chi connectivity index (χ3v) is 3.82. The number of halogens is 2. The Bertz CT molecular complexity index is 651. The molecule has 0 aromatic heterocycles. The molecular weight excluding hydrogens is 370 g/mol. The first kappa shape index (κ1) is 14.3. The van der Waals surface area contributed by atoms with Crippen molar-refractivity contribution >= 4 is 43.8 Å². The zero-order valence-corrected chi connectivity index (χ0v) is 13.8. The fourth-order valence-corrected chi connectivity index (χ4v) is 3.03. The van der Waals surface area contributed by atoms with Crippen molar-refractivity contribution < 1.29 is 5.11 Å². The fraction of sp³-hybridized carbons (Fsp3) is 0.133. The predicted octanol–water partition coefficient (Wildman–Crippen LogP) is 5.28. The minimum Gasteiger partial charge on any atom is -0.506 e. The highest BCUT2D eigenvalue weighted by atomic mass is 79.9. The van der Waals surface area contributed by atoms with Gasteiger partial charge in [0, 0.05) is 16.3 Å². The molecule has 2 rings (SSSR count). The third-order valence-electron chi connectivity index (χ3n) is 2.75. The molecule has 19 heavy (non-hydrogen) atoms. The van der Waals surface area contributed by atoms with Crippen LogP contribution in [-0.4, -0.2) is 11.3 Å². The molecular formula is C15H13Br2NO. The van der Waals surface area contributed by atoms with Gasteiger partial charge in [0.15, 0.2) is 0 Å². The Morgan fingerprint density at radius 2 is 1.84 bits per heavy atom. The summed E-state index contributed by atoms with van der Waals surface area (Å²) < 4.78 is 1.53. The average Bonchev–Trinajstić information content (AvgIpc) is 2.33. The van der Waals surface area contributed by atoms with E-state index in [1.165, 1.54) is 5.56 Å². The Morgan fingerprint density at radius 3 is 2.53 bits per heavy atom. The first-order valence-corrected chi connectivity index (χ1v) is 7.35. The van der Waals surface area contributed by atoms with E-state index < -0.39 is 0 Å². The number of rotatable bonds is 2. The highest BCUT2D eigenvalue weighted by molar-refractivity contribution is 9.11. The van der Waals surface area contributed by atoms with Gasteiger partial charge in [-0.25, -0.2) is 0 Å². The molecule has 0 aliphatic carbocycles. The summed E-state index contributed by atoms with van der Waals surface area (Å²) in [6.45, 7) is 4.08. The van der Waals surface area contributed by atoms with Crippen molar-refractivity contribution in [2.45, 2.75) is 13.8 Å². The van der Waals surface area contributed by atoms with E-state index in [1.807, 2.05) is 25.1 Å². The Hall–Kier alpha value is -1.13. The van der Waals surface area contributed by atoms with Crippen molar-refractivity contribution in [2.75, 3.05) is 0 Å². The van der Waals surface area contributed by atoms with Gasteiger partial charge in [-0.3, -0.25) is 4.99 Å². The Kier molecular flexibility index (Phi) is 4.42. The number of phenolic OH excluding ortho intramolecular Hbond substituents is 1. The first-order chi connectivity index (χ1) is 8.97. The number of aromatic hydroxyl groups is 1. The fourth-order valence-electron chi connectivity index (χ4n) is 1.77. The largest absolute Gasteiger partial charge is 0.506 e. The molecule has 2 aromatic carbocycles. The molecule has 0 atom stereocenters. The van der Waals surface area contributed by atoms with E-state index in [1.54, 1.807) is 12.3 Å². The highest BCUT2D eigenvalue weighted by Crippen LogP contribution is 2.31. The zero-order valence-electron chi connectivity index (χ0n) is 10.6. The molecule has 0 amide bonds. The van der Waals surface area contributed by atoms with Crippen molar-refractivity contribution in [2.24, 2.45) is 4.99 Å². The number of nitrogens with zero attached hydrogens (tertiary/aromatic N) is 1. The number of aryl methyl sites for hydroxylation is 2. The van der Waals surface area contributed by atoms with Gasteiger partial charge in [0.1, 0.15) is 5.75 Å². The van der Waals surface area contributed by atoms with Gasteiger partial charge in [-0.05, 0) is 53.5 Å². The SMILES string of the molecule is Cc1ccc(/N=C/c2cc(Br)cc(Br)c2O)c(C)c1. The molecule has 0 radical (unpaired) electrons. The van der Waals surface area contributed by atoms with Gasteiger partial charge in [0.05, 0.1) is 10.2 Å². The highest BCUT2D eigenvalue weighted by Gasteiger charge is 2.05. The average molecular weight is 383 g/mol. The molecule has 0 spiro atoms. The maximum absolute atomic E-state index is 9.95.